The van der Waals surface area contributed by atoms with Crippen LogP contribution >= 0.6 is 0 Å². The van der Waals surface area contributed by atoms with Gasteiger partial charge >= 0.3 is 0 Å². The third kappa shape index (κ3) is 12.8. The van der Waals surface area contributed by atoms with E-state index < -0.39 is 0 Å². The number of hydrogen-bond acceptors (Lipinski definition) is 3. The van der Waals surface area contributed by atoms with Crippen molar-refractivity contribution >= 4 is 11.8 Å². The van der Waals surface area contributed by atoms with E-state index in [9.17, 15) is 9.59 Å². The Morgan fingerprint density at radius 1 is 1.06 bits per heavy atom. The quantitative estimate of drug-likeness (QED) is 0.559. The van der Waals surface area contributed by atoms with Crippen molar-refractivity contribution in [3.8, 4) is 0 Å². The average Bonchev–Trinajstić information content (AvgIpc) is 2.29. The highest BCUT2D eigenvalue weighted by molar-refractivity contribution is 5.75. The molecule has 0 spiro atoms. The molecular formula is C12H24N2O3. The molecule has 0 fully saturated rings. The van der Waals surface area contributed by atoms with E-state index in [1.807, 2.05) is 6.92 Å². The molecule has 0 aromatic heterocycles. The Hall–Kier alpha value is -1.10. The topological polar surface area (TPSA) is 67.4 Å². The van der Waals surface area contributed by atoms with Crippen molar-refractivity contribution in [2.24, 2.45) is 0 Å². The SMILES string of the molecule is CCOCCNC(=O)CCCCCNC(C)=O. The first-order valence-corrected chi connectivity index (χ1v) is 6.25. The molecule has 0 bridgehead atoms. The van der Waals surface area contributed by atoms with Gasteiger partial charge in [0.15, 0.2) is 0 Å². The molecule has 5 heteroatoms. The summed E-state index contributed by atoms with van der Waals surface area (Å²) in [6.07, 6.45) is 3.29. The molecule has 0 aromatic rings. The van der Waals surface area contributed by atoms with E-state index in [-0.39, 0.29) is 11.8 Å². The van der Waals surface area contributed by atoms with Crippen molar-refractivity contribution in [2.45, 2.75) is 39.5 Å². The van der Waals surface area contributed by atoms with Crippen LogP contribution in [0.2, 0.25) is 0 Å². The Morgan fingerprint density at radius 2 is 1.82 bits per heavy atom. The molecule has 0 aliphatic heterocycles. The normalized spacial score (nSPS) is 10.0. The fourth-order valence-electron chi connectivity index (χ4n) is 1.35. The molecule has 0 aliphatic rings. The first kappa shape index (κ1) is 15.9. The Kier molecular flexibility index (Phi) is 10.7. The van der Waals surface area contributed by atoms with Crippen LogP contribution in [0.15, 0.2) is 0 Å². The monoisotopic (exact) mass is 244 g/mol. The number of carbonyl (C=O) groups excluding carboxylic acids is 2. The summed E-state index contributed by atoms with van der Waals surface area (Å²) in [4.78, 5) is 21.9. The van der Waals surface area contributed by atoms with Crippen molar-refractivity contribution in [2.75, 3.05) is 26.3 Å². The van der Waals surface area contributed by atoms with E-state index in [4.69, 9.17) is 4.74 Å². The van der Waals surface area contributed by atoms with Crippen LogP contribution < -0.4 is 10.6 Å². The van der Waals surface area contributed by atoms with Crippen LogP contribution in [0.4, 0.5) is 0 Å². The predicted molar refractivity (Wildman–Crippen MR) is 66.7 cm³/mol. The summed E-state index contributed by atoms with van der Waals surface area (Å²) >= 11 is 0. The minimum absolute atomic E-state index is 0.00123. The van der Waals surface area contributed by atoms with E-state index in [0.29, 0.717) is 32.7 Å². The number of nitrogens with one attached hydrogen (secondary N) is 2. The number of carbonyl (C=O) groups is 2. The molecule has 0 saturated heterocycles. The Morgan fingerprint density at radius 3 is 2.47 bits per heavy atom. The van der Waals surface area contributed by atoms with Gasteiger partial charge in [-0.15, -0.1) is 0 Å². The maximum absolute atomic E-state index is 11.3. The third-order valence-corrected chi connectivity index (χ3v) is 2.23. The Labute approximate surface area is 103 Å². The number of amides is 2. The third-order valence-electron chi connectivity index (χ3n) is 2.23. The highest BCUT2D eigenvalue weighted by Gasteiger charge is 2.00. The van der Waals surface area contributed by atoms with E-state index in [1.165, 1.54) is 6.92 Å². The largest absolute Gasteiger partial charge is 0.380 e. The lowest BCUT2D eigenvalue weighted by atomic mass is 10.2. The summed E-state index contributed by atoms with van der Waals surface area (Å²) in [5.41, 5.74) is 0. The van der Waals surface area contributed by atoms with Gasteiger partial charge in [-0.05, 0) is 19.8 Å². The first-order valence-electron chi connectivity index (χ1n) is 6.25. The minimum Gasteiger partial charge on any atom is -0.380 e. The number of unbranched alkanes of at least 4 members (excludes halogenated alkanes) is 2. The van der Waals surface area contributed by atoms with Crippen LogP contribution in [0.3, 0.4) is 0 Å². The summed E-state index contributed by atoms with van der Waals surface area (Å²) in [7, 11) is 0. The minimum atomic E-state index is -0.00123. The molecule has 0 unspecified atom stereocenters. The maximum atomic E-state index is 11.3. The molecule has 5 nitrogen and oxygen atoms in total. The number of rotatable bonds is 10. The van der Waals surface area contributed by atoms with Crippen molar-refractivity contribution in [1.29, 1.82) is 0 Å². The summed E-state index contributed by atoms with van der Waals surface area (Å²) in [5, 5.41) is 5.52. The van der Waals surface area contributed by atoms with Crippen molar-refractivity contribution in [3.05, 3.63) is 0 Å². The van der Waals surface area contributed by atoms with Crippen LogP contribution in [-0.4, -0.2) is 38.1 Å². The van der Waals surface area contributed by atoms with Gasteiger partial charge in [-0.25, -0.2) is 0 Å². The molecule has 0 heterocycles. The summed E-state index contributed by atoms with van der Waals surface area (Å²) in [6.45, 7) is 5.96. The van der Waals surface area contributed by atoms with Gasteiger partial charge in [-0.3, -0.25) is 9.59 Å². The van der Waals surface area contributed by atoms with Gasteiger partial charge in [0.25, 0.3) is 0 Å². The molecule has 0 aliphatic carbocycles. The lowest BCUT2D eigenvalue weighted by Gasteiger charge is -2.05. The van der Waals surface area contributed by atoms with E-state index in [2.05, 4.69) is 10.6 Å². The van der Waals surface area contributed by atoms with Crippen LogP contribution in [0.5, 0.6) is 0 Å². The molecule has 2 amide bonds. The summed E-state index contributed by atoms with van der Waals surface area (Å²) in [5.74, 6) is 0.0721. The van der Waals surface area contributed by atoms with Gasteiger partial charge in [0.05, 0.1) is 6.61 Å². The van der Waals surface area contributed by atoms with Gasteiger partial charge in [-0.2, -0.15) is 0 Å². The van der Waals surface area contributed by atoms with Crippen LogP contribution in [0.25, 0.3) is 0 Å². The van der Waals surface area contributed by atoms with Gasteiger partial charge in [0, 0.05) is 33.0 Å². The summed E-state index contributed by atoms with van der Waals surface area (Å²) in [6, 6.07) is 0. The highest BCUT2D eigenvalue weighted by Crippen LogP contribution is 1.98. The van der Waals surface area contributed by atoms with E-state index >= 15 is 0 Å². The fourth-order valence-corrected chi connectivity index (χ4v) is 1.35. The average molecular weight is 244 g/mol. The highest BCUT2D eigenvalue weighted by atomic mass is 16.5. The van der Waals surface area contributed by atoms with Gasteiger partial charge < -0.3 is 15.4 Å². The number of ether oxygens (including phenoxy) is 1. The zero-order chi connectivity index (χ0) is 12.9. The van der Waals surface area contributed by atoms with Crippen LogP contribution in [-0.2, 0) is 14.3 Å². The van der Waals surface area contributed by atoms with Crippen LogP contribution in [0.1, 0.15) is 39.5 Å². The Balaban J connectivity index is 3.19. The lowest BCUT2D eigenvalue weighted by molar-refractivity contribution is -0.121. The molecule has 100 valence electrons. The predicted octanol–water partition coefficient (Wildman–Crippen LogP) is 0.836. The maximum Gasteiger partial charge on any atom is 0.220 e. The van der Waals surface area contributed by atoms with Gasteiger partial charge in [0.2, 0.25) is 11.8 Å². The first-order chi connectivity index (χ1) is 8.16. The molecule has 0 rings (SSSR count). The summed E-state index contributed by atoms with van der Waals surface area (Å²) < 4.78 is 5.11. The van der Waals surface area contributed by atoms with Crippen molar-refractivity contribution in [3.63, 3.8) is 0 Å². The van der Waals surface area contributed by atoms with Gasteiger partial charge in [-0.1, -0.05) is 6.42 Å². The molecule has 0 aromatic carbocycles. The van der Waals surface area contributed by atoms with Crippen molar-refractivity contribution in [1.82, 2.24) is 10.6 Å². The molecular weight excluding hydrogens is 220 g/mol. The van der Waals surface area contributed by atoms with E-state index in [0.717, 1.165) is 19.3 Å². The molecule has 0 saturated carbocycles. The standard InChI is InChI=1S/C12H24N2O3/c1-3-17-10-9-14-12(16)7-5-4-6-8-13-11(2)15/h3-10H2,1-2H3,(H,13,15)(H,14,16). The Bertz CT molecular complexity index is 220. The van der Waals surface area contributed by atoms with E-state index in [1.54, 1.807) is 0 Å². The molecule has 0 atom stereocenters. The zero-order valence-corrected chi connectivity index (χ0v) is 10.9. The molecule has 2 N–H and O–H groups in total. The van der Waals surface area contributed by atoms with Crippen LogP contribution in [0, 0.1) is 0 Å². The van der Waals surface area contributed by atoms with Crippen molar-refractivity contribution < 1.29 is 14.3 Å². The number of hydrogen-bond donors (Lipinski definition) is 2. The second kappa shape index (κ2) is 11.4. The molecule has 0 radical (unpaired) electrons. The zero-order valence-electron chi connectivity index (χ0n) is 10.9. The second-order valence-electron chi connectivity index (χ2n) is 3.84. The van der Waals surface area contributed by atoms with Gasteiger partial charge in [0.1, 0.15) is 0 Å². The fraction of sp³-hybridized carbons (Fsp3) is 0.833. The second-order valence-corrected chi connectivity index (χ2v) is 3.84. The lowest BCUT2D eigenvalue weighted by Crippen LogP contribution is -2.27. The molecule has 17 heavy (non-hydrogen) atoms. The smallest absolute Gasteiger partial charge is 0.220 e.